The van der Waals surface area contributed by atoms with Crippen LogP contribution >= 0.6 is 0 Å². The third-order valence-corrected chi connectivity index (χ3v) is 2.91. The van der Waals surface area contributed by atoms with Gasteiger partial charge in [0.05, 0.1) is 0 Å². The van der Waals surface area contributed by atoms with Crippen molar-refractivity contribution in [2.24, 2.45) is 0 Å². The molecule has 0 aliphatic heterocycles. The highest BCUT2D eigenvalue weighted by Gasteiger charge is 2.10. The van der Waals surface area contributed by atoms with Crippen molar-refractivity contribution in [2.75, 3.05) is 6.54 Å². The molecule has 1 atom stereocenters. The summed E-state index contributed by atoms with van der Waals surface area (Å²) in [5.41, 5.74) is 1.08. The fraction of sp³-hybridized carbons (Fsp3) is 0.833. The van der Waals surface area contributed by atoms with Crippen LogP contribution in [0.2, 0.25) is 0 Å². The lowest BCUT2D eigenvalue weighted by atomic mass is 9.83. The molecule has 0 aromatic carbocycles. The zero-order valence-electron chi connectivity index (χ0n) is 9.39. The molecule has 1 unspecified atom stereocenters. The van der Waals surface area contributed by atoms with E-state index in [1.165, 1.54) is 38.6 Å². The fourth-order valence-corrected chi connectivity index (χ4v) is 1.90. The van der Waals surface area contributed by atoms with Gasteiger partial charge in [-0.25, -0.2) is 0 Å². The number of rotatable bonds is 6. The molecule has 1 rings (SSSR count). The Balaban J connectivity index is 1.97. The molecule has 1 nitrogen and oxygen atoms in total. The van der Waals surface area contributed by atoms with Gasteiger partial charge in [-0.15, -0.1) is 5.47 Å². The largest absolute Gasteiger partial charge is 0.314 e. The van der Waals surface area contributed by atoms with E-state index in [0.29, 0.717) is 6.04 Å². The van der Waals surface area contributed by atoms with Crippen molar-refractivity contribution in [3.8, 4) is 0 Å². The molecular weight excluding hydrogens is 169 g/mol. The third-order valence-electron chi connectivity index (χ3n) is 2.91. The van der Waals surface area contributed by atoms with Crippen molar-refractivity contribution in [3.63, 3.8) is 0 Å². The summed E-state index contributed by atoms with van der Waals surface area (Å²) < 4.78 is 0. The summed E-state index contributed by atoms with van der Waals surface area (Å²) in [6.07, 6.45) is 11.0. The molecule has 2 radical (unpaired) electrons. The van der Waals surface area contributed by atoms with Gasteiger partial charge < -0.3 is 5.32 Å². The minimum absolute atomic E-state index is 0.684. The summed E-state index contributed by atoms with van der Waals surface area (Å²) in [6.45, 7) is 3.43. The smallest absolute Gasteiger partial charge is 0.107 e. The second kappa shape index (κ2) is 7.11. The monoisotopic (exact) mass is 191 g/mol. The van der Waals surface area contributed by atoms with E-state index in [0.717, 1.165) is 18.3 Å². The van der Waals surface area contributed by atoms with Gasteiger partial charge in [0.15, 0.2) is 0 Å². The number of unbranched alkanes of at least 4 members (excludes halogenated alkanes) is 3. The molecule has 14 heavy (non-hydrogen) atoms. The van der Waals surface area contributed by atoms with E-state index in [2.05, 4.69) is 18.3 Å². The van der Waals surface area contributed by atoms with E-state index in [-0.39, 0.29) is 0 Å². The van der Waals surface area contributed by atoms with Gasteiger partial charge in [0.1, 0.15) is 7.85 Å². The number of nitrogens with one attached hydrogen (secondary N) is 1. The van der Waals surface area contributed by atoms with E-state index in [4.69, 9.17) is 7.85 Å². The molecule has 0 heterocycles. The van der Waals surface area contributed by atoms with E-state index < -0.39 is 0 Å². The first kappa shape index (κ1) is 11.8. The summed E-state index contributed by atoms with van der Waals surface area (Å²) >= 11 is 0. The van der Waals surface area contributed by atoms with E-state index in [1.807, 2.05) is 0 Å². The van der Waals surface area contributed by atoms with Crippen LogP contribution in [0.3, 0.4) is 0 Å². The van der Waals surface area contributed by atoms with Crippen molar-refractivity contribution >= 4 is 7.85 Å². The number of allylic oxidation sites excluding steroid dienone is 1. The predicted molar refractivity (Wildman–Crippen MR) is 63.6 cm³/mol. The predicted octanol–water partition coefficient (Wildman–Crippen LogP) is 2.76. The normalized spacial score (nSPS) is 22.1. The van der Waals surface area contributed by atoms with Crippen molar-refractivity contribution in [3.05, 3.63) is 11.5 Å². The van der Waals surface area contributed by atoms with E-state index in [9.17, 15) is 0 Å². The van der Waals surface area contributed by atoms with Crippen LogP contribution in [0.4, 0.5) is 0 Å². The minimum atomic E-state index is 0.684. The Kier molecular flexibility index (Phi) is 6.01. The molecule has 0 saturated carbocycles. The molecule has 1 aliphatic rings. The van der Waals surface area contributed by atoms with Gasteiger partial charge in [0, 0.05) is 6.04 Å². The van der Waals surface area contributed by atoms with Crippen molar-refractivity contribution < 1.29 is 0 Å². The lowest BCUT2D eigenvalue weighted by molar-refractivity contribution is 0.460. The Hall–Kier alpha value is -0.235. The van der Waals surface area contributed by atoms with Crippen molar-refractivity contribution in [1.29, 1.82) is 0 Å². The van der Waals surface area contributed by atoms with Crippen molar-refractivity contribution in [1.82, 2.24) is 5.32 Å². The SMILES string of the molecule is [B]C1=CCC(NCCCCCC)CC1. The van der Waals surface area contributed by atoms with Gasteiger partial charge in [-0.2, -0.15) is 0 Å². The summed E-state index contributed by atoms with van der Waals surface area (Å²) in [5.74, 6) is 0. The van der Waals surface area contributed by atoms with Crippen LogP contribution < -0.4 is 5.32 Å². The molecule has 0 saturated heterocycles. The lowest BCUT2D eigenvalue weighted by Crippen LogP contribution is -2.31. The Morgan fingerprint density at radius 1 is 1.43 bits per heavy atom. The average Bonchev–Trinajstić information content (AvgIpc) is 2.21. The van der Waals surface area contributed by atoms with E-state index >= 15 is 0 Å². The molecule has 0 bridgehead atoms. The Morgan fingerprint density at radius 3 is 2.93 bits per heavy atom. The molecule has 0 spiro atoms. The maximum absolute atomic E-state index is 5.72. The first-order chi connectivity index (χ1) is 6.83. The van der Waals surface area contributed by atoms with Crippen molar-refractivity contribution in [2.45, 2.75) is 57.9 Å². The standard InChI is InChI=1S/C12H22BN/c1-2-3-4-5-10-14-12-8-6-11(13)7-9-12/h6,12,14H,2-5,7-10H2,1H3. The fourth-order valence-electron chi connectivity index (χ4n) is 1.90. The molecule has 1 N–H and O–H groups in total. The third kappa shape index (κ3) is 4.85. The number of hydrogen-bond donors (Lipinski definition) is 1. The molecule has 0 aromatic heterocycles. The van der Waals surface area contributed by atoms with Crippen LogP contribution in [0.15, 0.2) is 11.5 Å². The second-order valence-electron chi connectivity index (χ2n) is 4.27. The first-order valence-electron chi connectivity index (χ1n) is 6.00. The maximum atomic E-state index is 5.72. The highest BCUT2D eigenvalue weighted by Crippen LogP contribution is 2.15. The molecule has 0 aromatic rings. The molecule has 2 heteroatoms. The van der Waals surface area contributed by atoms with Gasteiger partial charge >= 0.3 is 0 Å². The van der Waals surface area contributed by atoms with Crippen LogP contribution in [-0.2, 0) is 0 Å². The highest BCUT2D eigenvalue weighted by atomic mass is 14.9. The van der Waals surface area contributed by atoms with Gasteiger partial charge in [-0.1, -0.05) is 32.3 Å². The minimum Gasteiger partial charge on any atom is -0.314 e. The lowest BCUT2D eigenvalue weighted by Gasteiger charge is -2.21. The molecule has 0 amide bonds. The zero-order chi connectivity index (χ0) is 10.2. The Bertz CT molecular complexity index is 177. The molecular formula is C12H22BN. The van der Waals surface area contributed by atoms with Crippen LogP contribution in [0.1, 0.15) is 51.9 Å². The van der Waals surface area contributed by atoms with Gasteiger partial charge in [-0.05, 0) is 32.2 Å². The topological polar surface area (TPSA) is 12.0 Å². The van der Waals surface area contributed by atoms with Crippen LogP contribution in [0.5, 0.6) is 0 Å². The molecule has 1 aliphatic carbocycles. The van der Waals surface area contributed by atoms with Crippen LogP contribution in [0.25, 0.3) is 0 Å². The number of hydrogen-bond acceptors (Lipinski definition) is 1. The summed E-state index contributed by atoms with van der Waals surface area (Å²) in [7, 11) is 5.72. The van der Waals surface area contributed by atoms with Crippen LogP contribution in [0, 0.1) is 0 Å². The Morgan fingerprint density at radius 2 is 2.29 bits per heavy atom. The summed E-state index contributed by atoms with van der Waals surface area (Å²) in [5, 5.41) is 3.60. The van der Waals surface area contributed by atoms with Gasteiger partial charge in [0.2, 0.25) is 0 Å². The quantitative estimate of drug-likeness (QED) is 0.502. The summed E-state index contributed by atoms with van der Waals surface area (Å²) in [4.78, 5) is 0. The highest BCUT2D eigenvalue weighted by molar-refractivity contribution is 6.21. The Labute approximate surface area is 89.8 Å². The van der Waals surface area contributed by atoms with Gasteiger partial charge in [-0.3, -0.25) is 0 Å². The first-order valence-corrected chi connectivity index (χ1v) is 6.00. The molecule has 78 valence electrons. The summed E-state index contributed by atoms with van der Waals surface area (Å²) in [6, 6.07) is 0.684. The van der Waals surface area contributed by atoms with Crippen LogP contribution in [-0.4, -0.2) is 20.4 Å². The average molecular weight is 191 g/mol. The van der Waals surface area contributed by atoms with E-state index in [1.54, 1.807) is 0 Å². The molecule has 0 fully saturated rings. The van der Waals surface area contributed by atoms with Gasteiger partial charge in [0.25, 0.3) is 0 Å². The second-order valence-corrected chi connectivity index (χ2v) is 4.27. The maximum Gasteiger partial charge on any atom is 0.107 e. The zero-order valence-corrected chi connectivity index (χ0v) is 9.39.